The molecule has 32 heavy (non-hydrogen) atoms. The summed E-state index contributed by atoms with van der Waals surface area (Å²) < 4.78 is 44.1. The van der Waals surface area contributed by atoms with Crippen molar-refractivity contribution in [1.82, 2.24) is 4.72 Å². The second-order valence-corrected chi connectivity index (χ2v) is 8.58. The molecule has 0 fully saturated rings. The molecule has 0 bridgehead atoms. The van der Waals surface area contributed by atoms with E-state index in [0.29, 0.717) is 17.0 Å². The number of hydrogen-bond acceptors (Lipinski definition) is 6. The lowest BCUT2D eigenvalue weighted by Crippen LogP contribution is -2.23. The number of nitrogens with one attached hydrogen (secondary N) is 2. The lowest BCUT2D eigenvalue weighted by molar-refractivity contribution is -0.111. The molecule has 1 heterocycles. The Morgan fingerprint density at radius 2 is 1.84 bits per heavy atom. The van der Waals surface area contributed by atoms with Crippen LogP contribution in [0, 0.1) is 6.92 Å². The van der Waals surface area contributed by atoms with E-state index < -0.39 is 10.0 Å². The maximum Gasteiger partial charge on any atom is 0.248 e. The molecular formula is C23H24N2O6S. The van der Waals surface area contributed by atoms with Crippen LogP contribution < -0.4 is 19.5 Å². The molecule has 0 aliphatic heterocycles. The maximum atomic E-state index is 12.9. The zero-order valence-electron chi connectivity index (χ0n) is 17.9. The van der Waals surface area contributed by atoms with E-state index in [1.807, 2.05) is 19.1 Å². The van der Waals surface area contributed by atoms with Crippen LogP contribution in [0.4, 0.5) is 5.69 Å². The number of anilines is 1. The molecule has 0 saturated carbocycles. The molecule has 168 valence electrons. The fraction of sp³-hybridized carbons (Fsp3) is 0.174. The predicted molar refractivity (Wildman–Crippen MR) is 121 cm³/mol. The molecule has 3 rings (SSSR count). The molecule has 0 atom stereocenters. The Hall–Kier alpha value is -3.56. The Morgan fingerprint density at radius 3 is 2.47 bits per heavy atom. The number of furan rings is 1. The first kappa shape index (κ1) is 23.1. The van der Waals surface area contributed by atoms with Crippen molar-refractivity contribution in [1.29, 1.82) is 0 Å². The summed E-state index contributed by atoms with van der Waals surface area (Å²) in [6, 6.07) is 13.7. The molecule has 1 amide bonds. The molecule has 0 radical (unpaired) electrons. The molecular weight excluding hydrogens is 432 g/mol. The molecule has 0 unspecified atom stereocenters. The van der Waals surface area contributed by atoms with Crippen LogP contribution in [0.25, 0.3) is 6.08 Å². The van der Waals surface area contributed by atoms with Gasteiger partial charge in [0.1, 0.15) is 10.7 Å². The number of aryl methyl sites for hydroxylation is 1. The number of methoxy groups -OCH3 is 2. The largest absolute Gasteiger partial charge is 0.493 e. The van der Waals surface area contributed by atoms with Crippen LogP contribution in [-0.2, 0) is 21.4 Å². The average Bonchev–Trinajstić information content (AvgIpc) is 3.31. The molecule has 9 heteroatoms. The number of ether oxygens (including phenoxy) is 2. The Bertz CT molecular complexity index is 1200. The summed E-state index contributed by atoms with van der Waals surface area (Å²) in [5.41, 5.74) is 2.18. The number of rotatable bonds is 9. The van der Waals surface area contributed by atoms with Gasteiger partial charge >= 0.3 is 0 Å². The lowest BCUT2D eigenvalue weighted by atomic mass is 10.2. The minimum absolute atomic E-state index is 0.0280. The van der Waals surface area contributed by atoms with Crippen LogP contribution in [0.15, 0.2) is 70.2 Å². The molecule has 0 saturated heterocycles. The van der Waals surface area contributed by atoms with Gasteiger partial charge in [0.05, 0.1) is 27.0 Å². The molecule has 2 N–H and O–H groups in total. The Kier molecular flexibility index (Phi) is 7.34. The highest BCUT2D eigenvalue weighted by molar-refractivity contribution is 7.89. The van der Waals surface area contributed by atoms with Gasteiger partial charge in [-0.15, -0.1) is 0 Å². The summed E-state index contributed by atoms with van der Waals surface area (Å²) in [5, 5.41) is 2.75. The quantitative estimate of drug-likeness (QED) is 0.475. The first-order valence-electron chi connectivity index (χ1n) is 9.66. The summed E-state index contributed by atoms with van der Waals surface area (Å²) in [7, 11) is -1.21. The predicted octanol–water partition coefficient (Wildman–Crippen LogP) is 3.74. The molecule has 8 nitrogen and oxygen atoms in total. The van der Waals surface area contributed by atoms with Crippen LogP contribution in [0.5, 0.6) is 11.5 Å². The van der Waals surface area contributed by atoms with E-state index in [-0.39, 0.29) is 28.8 Å². The lowest BCUT2D eigenvalue weighted by Gasteiger charge is -2.15. The number of hydrogen-bond donors (Lipinski definition) is 2. The minimum atomic E-state index is -3.97. The van der Waals surface area contributed by atoms with Crippen LogP contribution in [0.1, 0.15) is 16.9 Å². The van der Waals surface area contributed by atoms with Crippen molar-refractivity contribution >= 4 is 27.7 Å². The third kappa shape index (κ3) is 5.77. The molecule has 0 aliphatic carbocycles. The van der Waals surface area contributed by atoms with Crippen molar-refractivity contribution < 1.29 is 27.1 Å². The van der Waals surface area contributed by atoms with Gasteiger partial charge in [-0.25, -0.2) is 13.1 Å². The third-order valence-electron chi connectivity index (χ3n) is 4.52. The Labute approximate surface area is 186 Å². The SMILES string of the molecule is COc1cc(/C=C/C(=O)Nc2ccc(C)cc2)cc(S(=O)(=O)NCc2ccco2)c1OC. The van der Waals surface area contributed by atoms with Gasteiger partial charge in [-0.3, -0.25) is 4.79 Å². The van der Waals surface area contributed by atoms with Crippen molar-refractivity contribution in [2.45, 2.75) is 18.4 Å². The molecule has 3 aromatic rings. The van der Waals surface area contributed by atoms with Gasteiger partial charge < -0.3 is 19.2 Å². The van der Waals surface area contributed by atoms with E-state index in [9.17, 15) is 13.2 Å². The monoisotopic (exact) mass is 456 g/mol. The summed E-state index contributed by atoms with van der Waals surface area (Å²) in [6.45, 7) is 1.93. The minimum Gasteiger partial charge on any atom is -0.493 e. The number of carbonyl (C=O) groups excluding carboxylic acids is 1. The Balaban J connectivity index is 1.85. The number of amides is 1. The second-order valence-electron chi connectivity index (χ2n) is 6.85. The van der Waals surface area contributed by atoms with Crippen molar-refractivity contribution in [3.05, 3.63) is 77.8 Å². The van der Waals surface area contributed by atoms with Gasteiger partial charge in [0, 0.05) is 11.8 Å². The first-order valence-corrected chi connectivity index (χ1v) is 11.1. The van der Waals surface area contributed by atoms with Gasteiger partial charge in [0.15, 0.2) is 11.5 Å². The fourth-order valence-corrected chi connectivity index (χ4v) is 4.10. The average molecular weight is 457 g/mol. The maximum absolute atomic E-state index is 12.9. The van der Waals surface area contributed by atoms with Crippen molar-refractivity contribution in [3.63, 3.8) is 0 Å². The van der Waals surface area contributed by atoms with Gasteiger partial charge in [0.2, 0.25) is 15.9 Å². The van der Waals surface area contributed by atoms with Crippen LogP contribution in [0.2, 0.25) is 0 Å². The summed E-state index contributed by atoms with van der Waals surface area (Å²) in [5.74, 6) is 0.375. The smallest absolute Gasteiger partial charge is 0.248 e. The normalized spacial score (nSPS) is 11.5. The zero-order valence-corrected chi connectivity index (χ0v) is 18.7. The molecule has 2 aromatic carbocycles. The number of carbonyl (C=O) groups is 1. The van der Waals surface area contributed by atoms with E-state index in [4.69, 9.17) is 13.9 Å². The van der Waals surface area contributed by atoms with Crippen molar-refractivity contribution in [3.8, 4) is 11.5 Å². The zero-order chi connectivity index (χ0) is 23.1. The van der Waals surface area contributed by atoms with E-state index in [2.05, 4.69) is 10.0 Å². The van der Waals surface area contributed by atoms with Gasteiger partial charge in [-0.05, 0) is 55.0 Å². The molecule has 1 aromatic heterocycles. The van der Waals surface area contributed by atoms with Crippen LogP contribution in [0.3, 0.4) is 0 Å². The van der Waals surface area contributed by atoms with Crippen LogP contribution >= 0.6 is 0 Å². The van der Waals surface area contributed by atoms with E-state index in [0.717, 1.165) is 5.56 Å². The topological polar surface area (TPSA) is 107 Å². The molecule has 0 aliphatic rings. The standard InChI is InChI=1S/C23H24N2O6S/c1-16-6-9-18(10-7-16)25-22(26)11-8-17-13-20(29-2)23(30-3)21(14-17)32(27,28)24-15-19-5-4-12-31-19/h4-14,24H,15H2,1-3H3,(H,25,26)/b11-8+. The number of sulfonamides is 1. The molecule has 0 spiro atoms. The Morgan fingerprint density at radius 1 is 1.09 bits per heavy atom. The van der Waals surface area contributed by atoms with E-state index in [1.165, 1.54) is 38.7 Å². The fourth-order valence-electron chi connectivity index (χ4n) is 2.90. The summed E-state index contributed by atoms with van der Waals surface area (Å²) in [4.78, 5) is 12.1. The van der Waals surface area contributed by atoms with E-state index in [1.54, 1.807) is 30.3 Å². The van der Waals surface area contributed by atoms with Crippen molar-refractivity contribution in [2.75, 3.05) is 19.5 Å². The highest BCUT2D eigenvalue weighted by Gasteiger charge is 2.24. The highest BCUT2D eigenvalue weighted by Crippen LogP contribution is 2.36. The first-order chi connectivity index (χ1) is 15.3. The third-order valence-corrected chi connectivity index (χ3v) is 5.93. The second kappa shape index (κ2) is 10.2. The highest BCUT2D eigenvalue weighted by atomic mass is 32.2. The van der Waals surface area contributed by atoms with Crippen LogP contribution in [-0.4, -0.2) is 28.5 Å². The van der Waals surface area contributed by atoms with Gasteiger partial charge in [-0.1, -0.05) is 17.7 Å². The van der Waals surface area contributed by atoms with Crippen molar-refractivity contribution in [2.24, 2.45) is 0 Å². The van der Waals surface area contributed by atoms with E-state index >= 15 is 0 Å². The van der Waals surface area contributed by atoms with Gasteiger partial charge in [-0.2, -0.15) is 0 Å². The van der Waals surface area contributed by atoms with Gasteiger partial charge in [0.25, 0.3) is 0 Å². The summed E-state index contributed by atoms with van der Waals surface area (Å²) >= 11 is 0. The summed E-state index contributed by atoms with van der Waals surface area (Å²) in [6.07, 6.45) is 4.27. The number of benzene rings is 2.